The van der Waals surface area contributed by atoms with E-state index in [0.717, 1.165) is 49.1 Å². The second-order valence-electron chi connectivity index (χ2n) is 5.64. The third kappa shape index (κ3) is 6.71. The molecule has 0 bridgehead atoms. The number of nitrogens with one attached hydrogen (secondary N) is 2. The third-order valence-electron chi connectivity index (χ3n) is 3.38. The number of aliphatic imine (C=N–C) groups is 1. The lowest BCUT2D eigenvalue weighted by molar-refractivity contribution is 0.595. The molecule has 0 aliphatic rings. The van der Waals surface area contributed by atoms with E-state index < -0.39 is 0 Å². The number of hydrogen-bond donors (Lipinski definition) is 2. The Bertz CT molecular complexity index is 590. The van der Waals surface area contributed by atoms with Crippen LogP contribution < -0.4 is 10.6 Å². The summed E-state index contributed by atoms with van der Waals surface area (Å²) >= 11 is 3.53. The molecule has 0 aliphatic heterocycles. The summed E-state index contributed by atoms with van der Waals surface area (Å²) in [5.74, 6) is 1.45. The van der Waals surface area contributed by atoms with Crippen LogP contribution in [0.5, 0.6) is 0 Å². The van der Waals surface area contributed by atoms with Gasteiger partial charge in [0.25, 0.3) is 0 Å². The molecule has 0 saturated heterocycles. The second-order valence-corrected chi connectivity index (χ2v) is 7.74. The number of rotatable bonds is 8. The van der Waals surface area contributed by atoms with Crippen LogP contribution in [0, 0.1) is 12.8 Å². The van der Waals surface area contributed by atoms with Crippen LogP contribution in [-0.4, -0.2) is 30.6 Å². The maximum Gasteiger partial charge on any atom is 0.191 e. The van der Waals surface area contributed by atoms with E-state index in [4.69, 9.17) is 4.99 Å². The highest BCUT2D eigenvalue weighted by atomic mass is 32.1. The Morgan fingerprint density at radius 2 is 2.22 bits per heavy atom. The average Bonchev–Trinajstić information content (AvgIpc) is 3.16. The smallest absolute Gasteiger partial charge is 0.191 e. The fraction of sp³-hybridized carbons (Fsp3) is 0.529. The van der Waals surface area contributed by atoms with Gasteiger partial charge in [0.1, 0.15) is 0 Å². The first-order valence-electron chi connectivity index (χ1n) is 8.13. The van der Waals surface area contributed by atoms with E-state index >= 15 is 0 Å². The molecular weight excluding hydrogens is 324 g/mol. The fourth-order valence-electron chi connectivity index (χ4n) is 2.26. The minimum Gasteiger partial charge on any atom is -0.357 e. The molecule has 0 amide bonds. The second kappa shape index (κ2) is 9.67. The number of aryl methyl sites for hydroxylation is 1. The molecule has 2 rings (SSSR count). The Morgan fingerprint density at radius 1 is 1.35 bits per heavy atom. The van der Waals surface area contributed by atoms with Crippen LogP contribution in [0.25, 0.3) is 0 Å². The molecule has 0 saturated carbocycles. The molecule has 2 heterocycles. The Kier molecular flexibility index (Phi) is 7.55. The molecule has 126 valence electrons. The van der Waals surface area contributed by atoms with Gasteiger partial charge in [0.05, 0.1) is 10.7 Å². The van der Waals surface area contributed by atoms with E-state index in [2.05, 4.69) is 52.4 Å². The van der Waals surface area contributed by atoms with Crippen LogP contribution in [0.15, 0.2) is 27.9 Å². The summed E-state index contributed by atoms with van der Waals surface area (Å²) in [7, 11) is 0. The summed E-state index contributed by atoms with van der Waals surface area (Å²) < 4.78 is 0. The molecule has 1 unspecified atom stereocenters. The predicted molar refractivity (Wildman–Crippen MR) is 102 cm³/mol. The minimum absolute atomic E-state index is 0.547. The minimum atomic E-state index is 0.547. The van der Waals surface area contributed by atoms with Crippen molar-refractivity contribution in [3.05, 3.63) is 38.5 Å². The van der Waals surface area contributed by atoms with E-state index in [1.165, 1.54) is 4.88 Å². The van der Waals surface area contributed by atoms with Crippen molar-refractivity contribution in [3.63, 3.8) is 0 Å². The van der Waals surface area contributed by atoms with Gasteiger partial charge < -0.3 is 10.6 Å². The zero-order valence-corrected chi connectivity index (χ0v) is 15.8. The molecule has 6 heteroatoms. The number of guanidine groups is 1. The van der Waals surface area contributed by atoms with Crippen LogP contribution in [0.2, 0.25) is 0 Å². The lowest BCUT2D eigenvalue weighted by Gasteiger charge is -2.13. The van der Waals surface area contributed by atoms with E-state index in [1.807, 2.05) is 18.3 Å². The zero-order valence-electron chi connectivity index (χ0n) is 14.1. The highest BCUT2D eigenvalue weighted by Gasteiger charge is 2.05. The first kappa shape index (κ1) is 17.9. The largest absolute Gasteiger partial charge is 0.357 e. The Hall–Kier alpha value is -1.40. The number of nitrogens with zero attached hydrogens (tertiary/aromatic N) is 2. The normalized spacial score (nSPS) is 13.1. The molecule has 2 N–H and O–H groups in total. The molecule has 0 spiro atoms. The number of hydrogen-bond acceptors (Lipinski definition) is 4. The van der Waals surface area contributed by atoms with Gasteiger partial charge in [-0.15, -0.1) is 22.7 Å². The van der Waals surface area contributed by atoms with Crippen LogP contribution in [0.3, 0.4) is 0 Å². The highest BCUT2D eigenvalue weighted by molar-refractivity contribution is 7.10. The van der Waals surface area contributed by atoms with Crippen LogP contribution in [0.1, 0.15) is 29.4 Å². The molecule has 23 heavy (non-hydrogen) atoms. The Balaban J connectivity index is 1.76. The first-order valence-corrected chi connectivity index (χ1v) is 9.89. The average molecular weight is 351 g/mol. The van der Waals surface area contributed by atoms with Gasteiger partial charge in [-0.1, -0.05) is 13.0 Å². The van der Waals surface area contributed by atoms with Crippen LogP contribution >= 0.6 is 22.7 Å². The molecule has 2 aromatic heterocycles. The van der Waals surface area contributed by atoms with Gasteiger partial charge in [-0.25, -0.2) is 4.98 Å². The van der Waals surface area contributed by atoms with Gasteiger partial charge in [-0.2, -0.15) is 0 Å². The van der Waals surface area contributed by atoms with Crippen LogP contribution in [-0.2, 0) is 12.8 Å². The molecular formula is C17H26N4S2. The summed E-state index contributed by atoms with van der Waals surface area (Å²) in [6.45, 7) is 8.96. The van der Waals surface area contributed by atoms with Crippen molar-refractivity contribution in [1.29, 1.82) is 0 Å². The molecule has 0 radical (unpaired) electrons. The van der Waals surface area contributed by atoms with E-state index in [0.29, 0.717) is 5.92 Å². The Labute approximate surface area is 147 Å². The van der Waals surface area contributed by atoms with Crippen LogP contribution in [0.4, 0.5) is 0 Å². The van der Waals surface area contributed by atoms with Gasteiger partial charge in [0, 0.05) is 36.3 Å². The maximum absolute atomic E-state index is 4.71. The lowest BCUT2D eigenvalue weighted by atomic mass is 10.1. The van der Waals surface area contributed by atoms with Crippen molar-refractivity contribution in [2.45, 2.75) is 33.6 Å². The van der Waals surface area contributed by atoms with Gasteiger partial charge in [0.15, 0.2) is 5.96 Å². The SMILES string of the molecule is CCNC(=NCC(C)Cc1cccs1)NCCc1csc(C)n1. The number of thiazole rings is 1. The van der Waals surface area contributed by atoms with E-state index in [-0.39, 0.29) is 0 Å². The van der Waals surface area contributed by atoms with Gasteiger partial charge in [0.2, 0.25) is 0 Å². The molecule has 2 aromatic rings. The topological polar surface area (TPSA) is 49.3 Å². The van der Waals surface area contributed by atoms with Gasteiger partial charge >= 0.3 is 0 Å². The number of aromatic nitrogens is 1. The molecule has 0 aromatic carbocycles. The number of thiophene rings is 1. The fourth-order valence-corrected chi connectivity index (χ4v) is 3.77. The first-order chi connectivity index (χ1) is 11.2. The van der Waals surface area contributed by atoms with Crippen molar-refractivity contribution in [3.8, 4) is 0 Å². The maximum atomic E-state index is 4.71. The molecule has 4 nitrogen and oxygen atoms in total. The summed E-state index contributed by atoms with van der Waals surface area (Å²) in [6, 6.07) is 4.31. The lowest BCUT2D eigenvalue weighted by Crippen LogP contribution is -2.38. The van der Waals surface area contributed by atoms with Crippen molar-refractivity contribution in [1.82, 2.24) is 15.6 Å². The summed E-state index contributed by atoms with van der Waals surface area (Å²) in [5.41, 5.74) is 1.15. The standard InChI is InChI=1S/C17H26N4S2/c1-4-18-17(19-8-7-15-12-23-14(3)21-15)20-11-13(2)10-16-6-5-9-22-16/h5-6,9,12-13H,4,7-8,10-11H2,1-3H3,(H2,18,19,20). The highest BCUT2D eigenvalue weighted by Crippen LogP contribution is 2.14. The molecule has 0 aliphatic carbocycles. The van der Waals surface area contributed by atoms with E-state index in [1.54, 1.807) is 11.3 Å². The molecule has 0 fully saturated rings. The third-order valence-corrected chi connectivity index (χ3v) is 5.10. The summed E-state index contributed by atoms with van der Waals surface area (Å²) in [4.78, 5) is 10.6. The van der Waals surface area contributed by atoms with E-state index in [9.17, 15) is 0 Å². The summed E-state index contributed by atoms with van der Waals surface area (Å²) in [6.07, 6.45) is 2.03. The van der Waals surface area contributed by atoms with Gasteiger partial charge in [-0.3, -0.25) is 4.99 Å². The van der Waals surface area contributed by atoms with Crippen molar-refractivity contribution >= 4 is 28.6 Å². The molecule has 1 atom stereocenters. The van der Waals surface area contributed by atoms with Gasteiger partial charge in [-0.05, 0) is 37.6 Å². The monoisotopic (exact) mass is 350 g/mol. The van der Waals surface area contributed by atoms with Crippen molar-refractivity contribution < 1.29 is 0 Å². The van der Waals surface area contributed by atoms with Crippen molar-refractivity contribution in [2.75, 3.05) is 19.6 Å². The zero-order chi connectivity index (χ0) is 16.5. The van der Waals surface area contributed by atoms with Crippen molar-refractivity contribution in [2.24, 2.45) is 10.9 Å². The predicted octanol–water partition coefficient (Wildman–Crippen LogP) is 3.49. The Morgan fingerprint density at radius 3 is 2.87 bits per heavy atom. The quantitative estimate of drug-likeness (QED) is 0.566. The summed E-state index contributed by atoms with van der Waals surface area (Å²) in [5, 5.41) is 12.1.